The molecule has 0 saturated heterocycles. The monoisotopic (exact) mass is 301 g/mol. The number of hydrogen-bond acceptors (Lipinski definition) is 5. The van der Waals surface area contributed by atoms with Gasteiger partial charge in [0.2, 0.25) is 10.0 Å². The average Bonchev–Trinajstić information content (AvgIpc) is 2.97. The van der Waals surface area contributed by atoms with Gasteiger partial charge in [-0.3, -0.25) is 4.68 Å². The van der Waals surface area contributed by atoms with Crippen LogP contribution in [0.25, 0.3) is 10.6 Å². The van der Waals surface area contributed by atoms with Crippen molar-refractivity contribution >= 4 is 21.4 Å². The van der Waals surface area contributed by atoms with Gasteiger partial charge in [-0.15, -0.1) is 11.3 Å². The third-order valence-electron chi connectivity index (χ3n) is 2.65. The van der Waals surface area contributed by atoms with Crippen molar-refractivity contribution < 1.29 is 13.5 Å². The number of sulfonamides is 1. The largest absolute Gasteiger partial charge is 0.395 e. The minimum Gasteiger partial charge on any atom is -0.395 e. The molecule has 0 aliphatic heterocycles. The van der Waals surface area contributed by atoms with Crippen LogP contribution in [0.3, 0.4) is 0 Å². The van der Waals surface area contributed by atoms with Crippen LogP contribution < -0.4 is 0 Å². The summed E-state index contributed by atoms with van der Waals surface area (Å²) in [4.78, 5) is 0.963. The molecule has 0 unspecified atom stereocenters. The van der Waals surface area contributed by atoms with E-state index < -0.39 is 10.0 Å². The van der Waals surface area contributed by atoms with E-state index in [-0.39, 0.29) is 18.0 Å². The molecule has 0 spiro atoms. The van der Waals surface area contributed by atoms with Gasteiger partial charge in [0.15, 0.2) is 0 Å². The predicted molar refractivity (Wildman–Crippen MR) is 73.4 cm³/mol. The molecule has 0 bridgehead atoms. The highest BCUT2D eigenvalue weighted by atomic mass is 32.2. The van der Waals surface area contributed by atoms with Crippen molar-refractivity contribution in [1.29, 1.82) is 0 Å². The average molecular weight is 301 g/mol. The highest BCUT2D eigenvalue weighted by Crippen LogP contribution is 2.30. The molecule has 0 radical (unpaired) electrons. The van der Waals surface area contributed by atoms with Crippen molar-refractivity contribution in [2.45, 2.75) is 4.90 Å². The van der Waals surface area contributed by atoms with Crippen molar-refractivity contribution in [3.8, 4) is 10.6 Å². The molecule has 0 aliphatic carbocycles. The fraction of sp³-hybridized carbons (Fsp3) is 0.364. The van der Waals surface area contributed by atoms with Gasteiger partial charge in [0.1, 0.15) is 10.6 Å². The Kier molecular flexibility index (Phi) is 4.04. The Morgan fingerprint density at radius 2 is 2.26 bits per heavy atom. The minimum absolute atomic E-state index is 0.0567. The zero-order valence-electron chi connectivity index (χ0n) is 10.6. The predicted octanol–water partition coefficient (Wildman–Crippen LogP) is 0.761. The van der Waals surface area contributed by atoms with Crippen molar-refractivity contribution in [1.82, 2.24) is 14.1 Å². The number of thiophene rings is 1. The molecular formula is C11H15N3O3S2. The molecule has 2 aromatic rings. The zero-order chi connectivity index (χ0) is 14.0. The zero-order valence-corrected chi connectivity index (χ0v) is 12.3. The Labute approximate surface area is 116 Å². The highest BCUT2D eigenvalue weighted by Gasteiger charge is 2.27. The lowest BCUT2D eigenvalue weighted by atomic mass is 10.3. The molecule has 2 heterocycles. The molecule has 2 rings (SSSR count). The molecule has 0 saturated carbocycles. The second-order valence-corrected chi connectivity index (χ2v) is 7.00. The van der Waals surface area contributed by atoms with E-state index in [0.717, 1.165) is 9.18 Å². The van der Waals surface area contributed by atoms with Gasteiger partial charge >= 0.3 is 0 Å². The first-order valence-electron chi connectivity index (χ1n) is 5.61. The van der Waals surface area contributed by atoms with Gasteiger partial charge in [0.25, 0.3) is 0 Å². The van der Waals surface area contributed by atoms with Gasteiger partial charge in [-0.25, -0.2) is 8.42 Å². The molecule has 0 amide bonds. The summed E-state index contributed by atoms with van der Waals surface area (Å²) in [6, 6.07) is 3.68. The standard InChI is InChI=1S/C11H15N3O3S2/c1-13-8-10(19(16,17)14(2)5-6-15)11(12-13)9-4-3-7-18-9/h3-4,7-8,15H,5-6H2,1-2H3. The molecule has 6 nitrogen and oxygen atoms in total. The third kappa shape index (κ3) is 2.71. The number of nitrogens with zero attached hydrogens (tertiary/aromatic N) is 3. The Balaban J connectivity index is 2.51. The summed E-state index contributed by atoms with van der Waals surface area (Å²) in [5.41, 5.74) is 0.447. The lowest BCUT2D eigenvalue weighted by molar-refractivity contribution is 0.266. The van der Waals surface area contributed by atoms with E-state index in [1.807, 2.05) is 17.5 Å². The second kappa shape index (κ2) is 5.41. The molecule has 104 valence electrons. The number of aryl methyl sites for hydroxylation is 1. The molecule has 19 heavy (non-hydrogen) atoms. The van der Waals surface area contributed by atoms with Crippen LogP contribution in [0.2, 0.25) is 0 Å². The Morgan fingerprint density at radius 1 is 1.53 bits per heavy atom. The number of hydrogen-bond donors (Lipinski definition) is 1. The lowest BCUT2D eigenvalue weighted by Crippen LogP contribution is -2.29. The number of rotatable bonds is 5. The topological polar surface area (TPSA) is 75.4 Å². The van der Waals surface area contributed by atoms with Crippen molar-refractivity contribution in [3.05, 3.63) is 23.7 Å². The van der Waals surface area contributed by atoms with Gasteiger partial charge in [0, 0.05) is 26.8 Å². The Morgan fingerprint density at radius 3 is 2.84 bits per heavy atom. The SMILES string of the molecule is CN(CCO)S(=O)(=O)c1cn(C)nc1-c1cccs1. The fourth-order valence-electron chi connectivity index (χ4n) is 1.67. The minimum atomic E-state index is -3.64. The van der Waals surface area contributed by atoms with Crippen molar-refractivity contribution in [2.24, 2.45) is 7.05 Å². The third-order valence-corrected chi connectivity index (χ3v) is 5.39. The van der Waals surface area contributed by atoms with Crippen LogP contribution in [-0.4, -0.2) is 47.8 Å². The maximum Gasteiger partial charge on any atom is 0.246 e. The first-order chi connectivity index (χ1) is 8.96. The number of aromatic nitrogens is 2. The second-order valence-electron chi connectivity index (χ2n) is 4.04. The first-order valence-corrected chi connectivity index (χ1v) is 7.93. The molecular weight excluding hydrogens is 286 g/mol. The van der Waals surface area contributed by atoms with Crippen LogP contribution in [0.15, 0.2) is 28.6 Å². The lowest BCUT2D eigenvalue weighted by Gasteiger charge is -2.15. The number of aliphatic hydroxyl groups excluding tert-OH is 1. The van der Waals surface area contributed by atoms with Gasteiger partial charge < -0.3 is 5.11 Å². The van der Waals surface area contributed by atoms with Crippen molar-refractivity contribution in [3.63, 3.8) is 0 Å². The summed E-state index contributed by atoms with van der Waals surface area (Å²) in [5.74, 6) is 0. The van der Waals surface area contributed by atoms with Gasteiger partial charge in [-0.2, -0.15) is 9.40 Å². The molecule has 8 heteroatoms. The summed E-state index contributed by atoms with van der Waals surface area (Å²) in [6.07, 6.45) is 1.48. The fourth-order valence-corrected chi connectivity index (χ4v) is 3.79. The van der Waals surface area contributed by atoms with Gasteiger partial charge in [-0.1, -0.05) is 6.07 Å². The van der Waals surface area contributed by atoms with Crippen LogP contribution in [0, 0.1) is 0 Å². The summed E-state index contributed by atoms with van der Waals surface area (Å²) in [6.45, 7) is -0.161. The van der Waals surface area contributed by atoms with E-state index in [2.05, 4.69) is 5.10 Å². The number of aliphatic hydroxyl groups is 1. The van der Waals surface area contributed by atoms with Crippen LogP contribution in [0.4, 0.5) is 0 Å². The summed E-state index contributed by atoms with van der Waals surface area (Å²) in [5, 5.41) is 15.0. The molecule has 1 N–H and O–H groups in total. The Bertz CT molecular complexity index is 647. The molecule has 0 aromatic carbocycles. The van der Waals surface area contributed by atoms with Crippen LogP contribution >= 0.6 is 11.3 Å². The first kappa shape index (κ1) is 14.2. The smallest absolute Gasteiger partial charge is 0.246 e. The maximum absolute atomic E-state index is 12.4. The van der Waals surface area contributed by atoms with E-state index >= 15 is 0 Å². The summed E-state index contributed by atoms with van der Waals surface area (Å²) >= 11 is 1.44. The van der Waals surface area contributed by atoms with Gasteiger partial charge in [0.05, 0.1) is 11.5 Å². The molecule has 0 atom stereocenters. The molecule has 0 aliphatic rings. The molecule has 2 aromatic heterocycles. The van der Waals surface area contributed by atoms with Crippen molar-refractivity contribution in [2.75, 3.05) is 20.2 Å². The summed E-state index contributed by atoms with van der Waals surface area (Å²) in [7, 11) is -0.516. The van der Waals surface area contributed by atoms with Crippen LogP contribution in [0.1, 0.15) is 0 Å². The maximum atomic E-state index is 12.4. The highest BCUT2D eigenvalue weighted by molar-refractivity contribution is 7.89. The van der Waals surface area contributed by atoms with Crippen LogP contribution in [0.5, 0.6) is 0 Å². The quantitative estimate of drug-likeness (QED) is 0.885. The van der Waals surface area contributed by atoms with E-state index in [4.69, 9.17) is 5.11 Å². The normalized spacial score (nSPS) is 12.2. The van der Waals surface area contributed by atoms with E-state index in [9.17, 15) is 8.42 Å². The van der Waals surface area contributed by atoms with Crippen LogP contribution in [-0.2, 0) is 17.1 Å². The van der Waals surface area contributed by atoms with E-state index in [0.29, 0.717) is 5.69 Å². The number of likely N-dealkylation sites (N-methyl/N-ethyl adjacent to an activating group) is 1. The van der Waals surface area contributed by atoms with E-state index in [1.165, 1.54) is 29.3 Å². The van der Waals surface area contributed by atoms with Gasteiger partial charge in [-0.05, 0) is 11.4 Å². The van der Waals surface area contributed by atoms with E-state index in [1.54, 1.807) is 7.05 Å². The Hall–Kier alpha value is -1.22. The molecule has 0 fully saturated rings. The summed E-state index contributed by atoms with van der Waals surface area (Å²) < 4.78 is 27.4.